The lowest BCUT2D eigenvalue weighted by atomic mass is 10.1. The lowest BCUT2D eigenvalue weighted by molar-refractivity contribution is -0.122. The Morgan fingerprint density at radius 1 is 1.29 bits per heavy atom. The Kier molecular flexibility index (Phi) is 6.50. The maximum absolute atomic E-state index is 11.5. The van der Waals surface area contributed by atoms with E-state index in [2.05, 4.69) is 10.6 Å². The minimum atomic E-state index is 0.00637. The smallest absolute Gasteiger partial charge is 0.222 e. The van der Waals surface area contributed by atoms with Gasteiger partial charge in [0.2, 0.25) is 5.91 Å². The van der Waals surface area contributed by atoms with E-state index in [1.807, 2.05) is 24.3 Å². The highest BCUT2D eigenvalue weighted by Gasteiger charge is 2.14. The van der Waals surface area contributed by atoms with Gasteiger partial charge in [0.05, 0.1) is 6.61 Å². The molecule has 116 valence electrons. The first kappa shape index (κ1) is 15.8. The summed E-state index contributed by atoms with van der Waals surface area (Å²) in [5.41, 5.74) is 1.07. The van der Waals surface area contributed by atoms with Crippen LogP contribution in [0.3, 0.4) is 0 Å². The second kappa shape index (κ2) is 8.64. The molecule has 1 aliphatic rings. The van der Waals surface area contributed by atoms with Crippen LogP contribution in [0.1, 0.15) is 24.8 Å². The van der Waals surface area contributed by atoms with Crippen LogP contribution in [0.4, 0.5) is 0 Å². The number of nitrogens with one attached hydrogen (secondary N) is 2. The third kappa shape index (κ3) is 5.73. The number of amides is 1. The van der Waals surface area contributed by atoms with Gasteiger partial charge in [-0.2, -0.15) is 0 Å². The molecule has 0 saturated carbocycles. The largest absolute Gasteiger partial charge is 0.490 e. The van der Waals surface area contributed by atoms with E-state index < -0.39 is 0 Å². The van der Waals surface area contributed by atoms with E-state index in [0.29, 0.717) is 25.7 Å². The van der Waals surface area contributed by atoms with Gasteiger partial charge in [-0.3, -0.25) is 4.79 Å². The van der Waals surface area contributed by atoms with Crippen LogP contribution in [0.25, 0.3) is 0 Å². The second-order valence-electron chi connectivity index (χ2n) is 5.23. The fraction of sp³-hybridized carbons (Fsp3) is 0.562. The minimum Gasteiger partial charge on any atom is -0.490 e. The number of benzene rings is 1. The van der Waals surface area contributed by atoms with Gasteiger partial charge in [0.25, 0.3) is 0 Å². The van der Waals surface area contributed by atoms with Gasteiger partial charge < -0.3 is 20.1 Å². The van der Waals surface area contributed by atoms with Crippen molar-refractivity contribution in [1.29, 1.82) is 0 Å². The number of carbonyl (C=O) groups is 1. The summed E-state index contributed by atoms with van der Waals surface area (Å²) in [6.45, 7) is 3.04. The van der Waals surface area contributed by atoms with Gasteiger partial charge in [0, 0.05) is 20.1 Å². The number of methoxy groups -OCH3 is 1. The van der Waals surface area contributed by atoms with Gasteiger partial charge in [0.1, 0.15) is 11.9 Å². The van der Waals surface area contributed by atoms with Gasteiger partial charge in [-0.25, -0.2) is 0 Å². The second-order valence-corrected chi connectivity index (χ2v) is 5.23. The van der Waals surface area contributed by atoms with Gasteiger partial charge in [-0.15, -0.1) is 0 Å². The van der Waals surface area contributed by atoms with Crippen LogP contribution >= 0.6 is 0 Å². The molecular weight excluding hydrogens is 268 g/mol. The number of ether oxygens (including phenoxy) is 2. The van der Waals surface area contributed by atoms with Crippen molar-refractivity contribution < 1.29 is 14.3 Å². The van der Waals surface area contributed by atoms with Crippen LogP contribution in [0.15, 0.2) is 24.3 Å². The summed E-state index contributed by atoms with van der Waals surface area (Å²) in [6.07, 6.45) is 2.81. The molecule has 0 aliphatic carbocycles. The van der Waals surface area contributed by atoms with Crippen molar-refractivity contribution in [3.05, 3.63) is 29.8 Å². The summed E-state index contributed by atoms with van der Waals surface area (Å²) >= 11 is 0. The van der Waals surface area contributed by atoms with Crippen molar-refractivity contribution in [3.63, 3.8) is 0 Å². The molecule has 1 aliphatic heterocycles. The molecule has 21 heavy (non-hydrogen) atoms. The van der Waals surface area contributed by atoms with E-state index in [4.69, 9.17) is 9.47 Å². The summed E-state index contributed by atoms with van der Waals surface area (Å²) in [5.74, 6) is 0.906. The molecule has 0 bridgehead atoms. The molecule has 1 fully saturated rings. The third-order valence-electron chi connectivity index (χ3n) is 3.54. The molecule has 0 aromatic heterocycles. The highest BCUT2D eigenvalue weighted by atomic mass is 16.5. The average molecular weight is 292 g/mol. The van der Waals surface area contributed by atoms with Crippen molar-refractivity contribution in [1.82, 2.24) is 10.6 Å². The molecule has 0 radical (unpaired) electrons. The van der Waals surface area contributed by atoms with Crippen LogP contribution < -0.4 is 15.4 Å². The first-order chi connectivity index (χ1) is 10.3. The Labute approximate surface area is 126 Å². The SMILES string of the molecule is COCCC(=O)NCc1ccc(OC2CCNCC2)cc1. The Bertz CT molecular complexity index is 428. The molecule has 1 amide bonds. The average Bonchev–Trinajstić information content (AvgIpc) is 2.53. The summed E-state index contributed by atoms with van der Waals surface area (Å²) in [7, 11) is 1.59. The van der Waals surface area contributed by atoms with Crippen molar-refractivity contribution in [2.75, 3.05) is 26.8 Å². The zero-order valence-electron chi connectivity index (χ0n) is 12.6. The molecule has 5 heteroatoms. The zero-order valence-corrected chi connectivity index (χ0v) is 12.6. The monoisotopic (exact) mass is 292 g/mol. The lowest BCUT2D eigenvalue weighted by Gasteiger charge is -2.23. The summed E-state index contributed by atoms with van der Waals surface area (Å²) in [4.78, 5) is 11.5. The molecule has 5 nitrogen and oxygen atoms in total. The number of hydrogen-bond donors (Lipinski definition) is 2. The van der Waals surface area contributed by atoms with Crippen LogP contribution in [0.5, 0.6) is 5.75 Å². The van der Waals surface area contributed by atoms with E-state index in [0.717, 1.165) is 37.2 Å². The molecule has 0 spiro atoms. The van der Waals surface area contributed by atoms with E-state index in [1.54, 1.807) is 7.11 Å². The molecule has 1 heterocycles. The van der Waals surface area contributed by atoms with Crippen LogP contribution in [-0.4, -0.2) is 38.8 Å². The molecule has 1 aromatic rings. The number of carbonyl (C=O) groups excluding carboxylic acids is 1. The maximum atomic E-state index is 11.5. The van der Waals surface area contributed by atoms with Gasteiger partial charge >= 0.3 is 0 Å². The summed E-state index contributed by atoms with van der Waals surface area (Å²) in [5, 5.41) is 6.19. The Balaban J connectivity index is 1.74. The Hall–Kier alpha value is -1.59. The van der Waals surface area contributed by atoms with Crippen molar-refractivity contribution >= 4 is 5.91 Å². The molecule has 1 saturated heterocycles. The van der Waals surface area contributed by atoms with E-state index in [9.17, 15) is 4.79 Å². The summed E-state index contributed by atoms with van der Waals surface area (Å²) in [6, 6.07) is 7.93. The van der Waals surface area contributed by atoms with Crippen molar-refractivity contribution in [2.24, 2.45) is 0 Å². The molecule has 2 rings (SSSR count). The molecule has 0 unspecified atom stereocenters. The van der Waals surface area contributed by atoms with E-state index in [1.165, 1.54) is 0 Å². The third-order valence-corrected chi connectivity index (χ3v) is 3.54. The normalized spacial score (nSPS) is 15.7. The van der Waals surface area contributed by atoms with Gasteiger partial charge in [0.15, 0.2) is 0 Å². The standard InChI is InChI=1S/C16H24N2O3/c1-20-11-8-16(19)18-12-13-2-4-14(5-3-13)21-15-6-9-17-10-7-15/h2-5,15,17H,6-12H2,1H3,(H,18,19). The highest BCUT2D eigenvalue weighted by molar-refractivity contribution is 5.75. The van der Waals surface area contributed by atoms with Crippen molar-refractivity contribution in [3.8, 4) is 5.75 Å². The topological polar surface area (TPSA) is 59.6 Å². The van der Waals surface area contributed by atoms with Gasteiger partial charge in [-0.05, 0) is 43.6 Å². The molecule has 0 atom stereocenters. The molecule has 1 aromatic carbocycles. The van der Waals surface area contributed by atoms with Gasteiger partial charge in [-0.1, -0.05) is 12.1 Å². The van der Waals surface area contributed by atoms with E-state index in [-0.39, 0.29) is 5.91 Å². The lowest BCUT2D eigenvalue weighted by Crippen LogP contribution is -2.34. The highest BCUT2D eigenvalue weighted by Crippen LogP contribution is 2.17. The van der Waals surface area contributed by atoms with Crippen LogP contribution in [0.2, 0.25) is 0 Å². The van der Waals surface area contributed by atoms with Crippen LogP contribution in [0, 0.1) is 0 Å². The zero-order chi connectivity index (χ0) is 14.9. The number of hydrogen-bond acceptors (Lipinski definition) is 4. The molecular formula is C16H24N2O3. The Morgan fingerprint density at radius 3 is 2.67 bits per heavy atom. The number of rotatable bonds is 7. The van der Waals surface area contributed by atoms with E-state index >= 15 is 0 Å². The first-order valence-corrected chi connectivity index (χ1v) is 7.50. The van der Waals surface area contributed by atoms with Crippen LogP contribution in [-0.2, 0) is 16.1 Å². The predicted octanol–water partition coefficient (Wildman–Crippen LogP) is 1.47. The predicted molar refractivity (Wildman–Crippen MR) is 81.3 cm³/mol. The Morgan fingerprint density at radius 2 is 2.00 bits per heavy atom. The fourth-order valence-corrected chi connectivity index (χ4v) is 2.28. The minimum absolute atomic E-state index is 0.00637. The first-order valence-electron chi connectivity index (χ1n) is 7.50. The number of piperidine rings is 1. The quantitative estimate of drug-likeness (QED) is 0.799. The van der Waals surface area contributed by atoms with Crippen molar-refractivity contribution in [2.45, 2.75) is 31.9 Å². The fourth-order valence-electron chi connectivity index (χ4n) is 2.28. The summed E-state index contributed by atoms with van der Waals surface area (Å²) < 4.78 is 10.8. The molecule has 2 N–H and O–H groups in total. The maximum Gasteiger partial charge on any atom is 0.222 e.